The molecule has 6 nitrogen and oxygen atoms in total. The Hall–Kier alpha value is -1.14. The average molecular weight is 208 g/mol. The predicted molar refractivity (Wildman–Crippen MR) is 52.9 cm³/mol. The van der Waals surface area contributed by atoms with Gasteiger partial charge in [0.2, 0.25) is 0 Å². The fourth-order valence-corrected chi connectivity index (χ4v) is 0.535. The number of carboxylic acid groups (broad SMARTS) is 2. The molecule has 0 bridgehead atoms. The summed E-state index contributed by atoms with van der Waals surface area (Å²) in [7, 11) is 0. The van der Waals surface area contributed by atoms with Gasteiger partial charge in [0.05, 0.1) is 10.8 Å². The van der Waals surface area contributed by atoms with Crippen molar-refractivity contribution in [1.29, 1.82) is 0 Å². The predicted octanol–water partition coefficient (Wildman–Crippen LogP) is 1.53. The summed E-state index contributed by atoms with van der Waals surface area (Å²) in [4.78, 5) is 21.4. The minimum Gasteiger partial charge on any atom is -0.481 e. The third-order valence-electron chi connectivity index (χ3n) is 2.63. The van der Waals surface area contributed by atoms with Gasteiger partial charge in [-0.25, -0.2) is 0 Å². The van der Waals surface area contributed by atoms with Crippen molar-refractivity contribution >= 4 is 11.9 Å². The molecule has 0 aliphatic rings. The lowest BCUT2D eigenvalue weighted by Gasteiger charge is -2.33. The lowest BCUT2D eigenvalue weighted by atomic mass is 9.68. The van der Waals surface area contributed by atoms with Crippen LogP contribution in [-0.4, -0.2) is 22.2 Å². The first-order valence-electron chi connectivity index (χ1n) is 3.61. The summed E-state index contributed by atoms with van der Waals surface area (Å²) in [5, 5.41) is 17.5. The van der Waals surface area contributed by atoms with E-state index in [9.17, 15) is 9.59 Å². The Morgan fingerprint density at radius 2 is 0.929 bits per heavy atom. The molecule has 0 saturated heterocycles. The number of aliphatic carboxylic acids is 2. The molecule has 0 unspecified atom stereocenters. The quantitative estimate of drug-likeness (QED) is 0.553. The first-order valence-corrected chi connectivity index (χ1v) is 3.61. The van der Waals surface area contributed by atoms with Crippen LogP contribution in [0.4, 0.5) is 0 Å². The molecule has 14 heavy (non-hydrogen) atoms. The lowest BCUT2D eigenvalue weighted by Crippen LogP contribution is -2.44. The minimum atomic E-state index is -1.27. The van der Waals surface area contributed by atoms with E-state index in [-0.39, 0.29) is 12.3 Å². The Morgan fingerprint density at radius 3 is 1.00 bits per heavy atom. The lowest BCUT2D eigenvalue weighted by molar-refractivity contribution is -0.167. The van der Waals surface area contributed by atoms with Crippen molar-refractivity contribution < 1.29 is 19.8 Å². The molecule has 0 aliphatic heterocycles. The molecule has 0 amide bonds. The largest absolute Gasteiger partial charge is 0.481 e. The summed E-state index contributed by atoms with van der Waals surface area (Å²) in [5.74, 6) is -2.20. The molecule has 0 heterocycles. The van der Waals surface area contributed by atoms with E-state index >= 15 is 0 Å². The smallest absolute Gasteiger partial charge is 0.310 e. The van der Waals surface area contributed by atoms with E-state index in [2.05, 4.69) is 0 Å². The third kappa shape index (κ3) is 2.68. The molecule has 0 rings (SSSR count). The second kappa shape index (κ2) is 4.92. The fraction of sp³-hybridized carbons (Fsp3) is 0.750. The van der Waals surface area contributed by atoms with Gasteiger partial charge in [0.15, 0.2) is 0 Å². The fourth-order valence-electron chi connectivity index (χ4n) is 0.535. The minimum absolute atomic E-state index is 0. The summed E-state index contributed by atoms with van der Waals surface area (Å²) in [6, 6.07) is 0. The van der Waals surface area contributed by atoms with E-state index in [1.165, 1.54) is 27.7 Å². The summed E-state index contributed by atoms with van der Waals surface area (Å²) < 4.78 is 0. The van der Waals surface area contributed by atoms with Crippen molar-refractivity contribution in [3.8, 4) is 0 Å². The SMILES string of the molecule is CC(C)(C(=O)O)C(C)(C)C(=O)O.N.N. The van der Waals surface area contributed by atoms with Gasteiger partial charge in [-0.15, -0.1) is 0 Å². The first kappa shape index (κ1) is 18.6. The summed E-state index contributed by atoms with van der Waals surface area (Å²) >= 11 is 0. The molecule has 0 fully saturated rings. The Morgan fingerprint density at radius 1 is 0.786 bits per heavy atom. The average Bonchev–Trinajstić information content (AvgIpc) is 1.86. The highest BCUT2D eigenvalue weighted by molar-refractivity contribution is 5.85. The second-order valence-electron chi connectivity index (χ2n) is 3.86. The number of carboxylic acids is 2. The molecule has 8 N–H and O–H groups in total. The molecular weight excluding hydrogens is 188 g/mol. The van der Waals surface area contributed by atoms with E-state index in [0.29, 0.717) is 0 Å². The standard InChI is InChI=1S/C8H14O4.2H3N/c1-7(2,5(9)10)8(3,4)6(11)12;;/h1-4H3,(H,9,10)(H,11,12);2*1H3. The van der Waals surface area contributed by atoms with E-state index in [1.807, 2.05) is 0 Å². The molecule has 86 valence electrons. The zero-order valence-electron chi connectivity index (χ0n) is 9.13. The van der Waals surface area contributed by atoms with Crippen LogP contribution in [0.1, 0.15) is 27.7 Å². The maximum atomic E-state index is 10.7. The highest BCUT2D eigenvalue weighted by Gasteiger charge is 2.48. The van der Waals surface area contributed by atoms with Gasteiger partial charge in [-0.3, -0.25) is 9.59 Å². The van der Waals surface area contributed by atoms with Crippen LogP contribution in [0.3, 0.4) is 0 Å². The number of hydrogen-bond acceptors (Lipinski definition) is 4. The van der Waals surface area contributed by atoms with Crippen molar-refractivity contribution in [3.63, 3.8) is 0 Å². The van der Waals surface area contributed by atoms with E-state index in [1.54, 1.807) is 0 Å². The maximum Gasteiger partial charge on any atom is 0.310 e. The van der Waals surface area contributed by atoms with Gasteiger partial charge in [-0.05, 0) is 27.7 Å². The van der Waals surface area contributed by atoms with Crippen LogP contribution in [-0.2, 0) is 9.59 Å². The van der Waals surface area contributed by atoms with E-state index < -0.39 is 22.8 Å². The van der Waals surface area contributed by atoms with Crippen LogP contribution in [0.5, 0.6) is 0 Å². The third-order valence-corrected chi connectivity index (χ3v) is 2.63. The summed E-state index contributed by atoms with van der Waals surface area (Å²) in [6.45, 7) is 5.62. The van der Waals surface area contributed by atoms with Crippen LogP contribution in [0.25, 0.3) is 0 Å². The van der Waals surface area contributed by atoms with Gasteiger partial charge < -0.3 is 22.5 Å². The van der Waals surface area contributed by atoms with Crippen molar-refractivity contribution in [2.24, 2.45) is 10.8 Å². The first-order chi connectivity index (χ1) is 5.14. The van der Waals surface area contributed by atoms with Gasteiger partial charge in [0.25, 0.3) is 0 Å². The maximum absolute atomic E-state index is 10.7. The number of rotatable bonds is 3. The second-order valence-corrected chi connectivity index (χ2v) is 3.86. The van der Waals surface area contributed by atoms with Crippen LogP contribution in [0.2, 0.25) is 0 Å². The van der Waals surface area contributed by atoms with Gasteiger partial charge in [0.1, 0.15) is 0 Å². The number of hydrogen-bond donors (Lipinski definition) is 4. The van der Waals surface area contributed by atoms with E-state index in [4.69, 9.17) is 10.2 Å². The Kier molecular flexibility index (Phi) is 6.54. The molecule has 6 heteroatoms. The van der Waals surface area contributed by atoms with Gasteiger partial charge >= 0.3 is 11.9 Å². The van der Waals surface area contributed by atoms with Crippen molar-refractivity contribution in [2.75, 3.05) is 0 Å². The molecule has 0 aromatic heterocycles. The Bertz CT molecular complexity index is 199. The highest BCUT2D eigenvalue weighted by Crippen LogP contribution is 2.38. The molecule has 0 saturated carbocycles. The van der Waals surface area contributed by atoms with Crippen LogP contribution >= 0.6 is 0 Å². The Balaban J connectivity index is -0.000000605. The molecule has 0 spiro atoms. The van der Waals surface area contributed by atoms with Crippen LogP contribution in [0, 0.1) is 10.8 Å². The molecule has 0 aromatic carbocycles. The van der Waals surface area contributed by atoms with Crippen LogP contribution in [0.15, 0.2) is 0 Å². The van der Waals surface area contributed by atoms with Crippen molar-refractivity contribution in [2.45, 2.75) is 27.7 Å². The monoisotopic (exact) mass is 208 g/mol. The normalized spacial score (nSPS) is 10.9. The zero-order valence-corrected chi connectivity index (χ0v) is 9.13. The molecule has 0 radical (unpaired) electrons. The van der Waals surface area contributed by atoms with E-state index in [0.717, 1.165) is 0 Å². The van der Waals surface area contributed by atoms with Crippen molar-refractivity contribution in [1.82, 2.24) is 12.3 Å². The molecule has 0 aliphatic carbocycles. The summed E-state index contributed by atoms with van der Waals surface area (Å²) in [6.07, 6.45) is 0. The number of carbonyl (C=O) groups is 2. The topological polar surface area (TPSA) is 145 Å². The van der Waals surface area contributed by atoms with Crippen molar-refractivity contribution in [3.05, 3.63) is 0 Å². The zero-order chi connectivity index (χ0) is 10.2. The van der Waals surface area contributed by atoms with Gasteiger partial charge in [-0.2, -0.15) is 0 Å². The van der Waals surface area contributed by atoms with Gasteiger partial charge in [-0.1, -0.05) is 0 Å². The molecule has 0 atom stereocenters. The Labute approximate surface area is 83.5 Å². The van der Waals surface area contributed by atoms with Crippen LogP contribution < -0.4 is 12.3 Å². The highest BCUT2D eigenvalue weighted by atomic mass is 16.4. The van der Waals surface area contributed by atoms with Gasteiger partial charge in [0, 0.05) is 0 Å². The summed E-state index contributed by atoms with van der Waals surface area (Å²) in [5.41, 5.74) is -2.53. The molecule has 0 aromatic rings. The molecular formula is C8H20N2O4.